The van der Waals surface area contributed by atoms with Crippen LogP contribution in [0.2, 0.25) is 0 Å². The van der Waals surface area contributed by atoms with Crippen LogP contribution in [0.3, 0.4) is 0 Å². The van der Waals surface area contributed by atoms with Gasteiger partial charge in [0.2, 0.25) is 0 Å². The summed E-state index contributed by atoms with van der Waals surface area (Å²) in [4.78, 5) is 14.5. The summed E-state index contributed by atoms with van der Waals surface area (Å²) in [5, 5.41) is 3.40. The molecule has 2 aliphatic heterocycles. The minimum absolute atomic E-state index is 0. The summed E-state index contributed by atoms with van der Waals surface area (Å²) in [5.74, 6) is 1.48. The standard InChI is InChI=1S/C14H17BrN2O.ClH/c1-9-2-10(4-13(15)3-9)14(18)17-7-11-5-16-6-12(11)8-17;/h2-4,11-12,16H,5-8H2,1H3;1H/t11-,12+;. The number of amides is 1. The van der Waals surface area contributed by atoms with Crippen LogP contribution >= 0.6 is 28.3 Å². The van der Waals surface area contributed by atoms with Gasteiger partial charge < -0.3 is 10.2 Å². The van der Waals surface area contributed by atoms with Crippen molar-refractivity contribution in [3.63, 3.8) is 0 Å². The molecule has 0 aromatic heterocycles. The lowest BCUT2D eigenvalue weighted by atomic mass is 10.0. The smallest absolute Gasteiger partial charge is 0.253 e. The largest absolute Gasteiger partial charge is 0.338 e. The quantitative estimate of drug-likeness (QED) is 0.848. The monoisotopic (exact) mass is 344 g/mol. The molecule has 1 amide bonds. The van der Waals surface area contributed by atoms with Gasteiger partial charge in [0.15, 0.2) is 0 Å². The van der Waals surface area contributed by atoms with Crippen molar-refractivity contribution in [3.8, 4) is 0 Å². The lowest BCUT2D eigenvalue weighted by Crippen LogP contribution is -2.31. The number of carbonyl (C=O) groups excluding carboxylic acids is 1. The summed E-state index contributed by atoms with van der Waals surface area (Å²) in [7, 11) is 0. The molecule has 3 rings (SSSR count). The third-order valence-electron chi connectivity index (χ3n) is 3.97. The van der Waals surface area contributed by atoms with Gasteiger partial charge in [0.1, 0.15) is 0 Å². The van der Waals surface area contributed by atoms with Crippen molar-refractivity contribution in [1.29, 1.82) is 0 Å². The molecule has 0 spiro atoms. The van der Waals surface area contributed by atoms with E-state index < -0.39 is 0 Å². The third kappa shape index (κ3) is 2.96. The number of rotatable bonds is 1. The van der Waals surface area contributed by atoms with Crippen LogP contribution in [0, 0.1) is 18.8 Å². The average Bonchev–Trinajstić information content (AvgIpc) is 2.86. The Morgan fingerprint density at radius 1 is 1.26 bits per heavy atom. The van der Waals surface area contributed by atoms with Crippen LogP contribution in [0.1, 0.15) is 15.9 Å². The van der Waals surface area contributed by atoms with Crippen LogP contribution in [-0.2, 0) is 0 Å². The third-order valence-corrected chi connectivity index (χ3v) is 4.42. The molecule has 2 atom stereocenters. The number of halogens is 2. The van der Waals surface area contributed by atoms with E-state index in [1.165, 1.54) is 0 Å². The molecule has 3 nitrogen and oxygen atoms in total. The van der Waals surface area contributed by atoms with Gasteiger partial charge in [0.05, 0.1) is 0 Å². The van der Waals surface area contributed by atoms with E-state index in [0.717, 1.165) is 41.8 Å². The molecule has 0 aliphatic carbocycles. The van der Waals surface area contributed by atoms with Gasteiger partial charge >= 0.3 is 0 Å². The molecule has 2 heterocycles. The van der Waals surface area contributed by atoms with Crippen molar-refractivity contribution < 1.29 is 4.79 Å². The van der Waals surface area contributed by atoms with E-state index in [0.29, 0.717) is 11.8 Å². The second kappa shape index (κ2) is 5.81. The number of likely N-dealkylation sites (tertiary alicyclic amines) is 1. The topological polar surface area (TPSA) is 32.3 Å². The van der Waals surface area contributed by atoms with Crippen molar-refractivity contribution in [2.75, 3.05) is 26.2 Å². The maximum absolute atomic E-state index is 12.5. The van der Waals surface area contributed by atoms with E-state index in [2.05, 4.69) is 21.2 Å². The predicted octanol–water partition coefficient (Wildman–Crippen LogP) is 2.47. The van der Waals surface area contributed by atoms with E-state index in [-0.39, 0.29) is 18.3 Å². The second-order valence-corrected chi connectivity index (χ2v) is 6.32. The summed E-state index contributed by atoms with van der Waals surface area (Å²) in [6, 6.07) is 5.92. The van der Waals surface area contributed by atoms with Gasteiger partial charge in [-0.05, 0) is 42.5 Å². The summed E-state index contributed by atoms with van der Waals surface area (Å²) in [6.07, 6.45) is 0. The minimum Gasteiger partial charge on any atom is -0.338 e. The van der Waals surface area contributed by atoms with Gasteiger partial charge in [-0.1, -0.05) is 15.9 Å². The van der Waals surface area contributed by atoms with E-state index in [1.807, 2.05) is 30.0 Å². The summed E-state index contributed by atoms with van der Waals surface area (Å²) >= 11 is 3.46. The molecule has 2 aliphatic rings. The fraction of sp³-hybridized carbons (Fsp3) is 0.500. The first-order valence-electron chi connectivity index (χ1n) is 6.40. The zero-order chi connectivity index (χ0) is 12.7. The van der Waals surface area contributed by atoms with Gasteiger partial charge in [-0.3, -0.25) is 4.79 Å². The van der Waals surface area contributed by atoms with Crippen molar-refractivity contribution in [2.45, 2.75) is 6.92 Å². The fourth-order valence-electron chi connectivity index (χ4n) is 3.06. The van der Waals surface area contributed by atoms with Crippen LogP contribution in [0.5, 0.6) is 0 Å². The molecular weight excluding hydrogens is 328 g/mol. The molecule has 0 bridgehead atoms. The first kappa shape index (κ1) is 14.8. The van der Waals surface area contributed by atoms with Crippen LogP contribution < -0.4 is 5.32 Å². The SMILES string of the molecule is Cc1cc(Br)cc(C(=O)N2C[C@H]3CNC[C@H]3C2)c1.Cl. The molecule has 1 aromatic carbocycles. The molecule has 0 unspecified atom stereocenters. The Bertz CT molecular complexity index is 462. The Hall–Kier alpha value is -0.580. The minimum atomic E-state index is 0. The number of nitrogens with zero attached hydrogens (tertiary/aromatic N) is 1. The lowest BCUT2D eigenvalue weighted by molar-refractivity contribution is 0.0781. The highest BCUT2D eigenvalue weighted by Crippen LogP contribution is 2.28. The number of nitrogens with one attached hydrogen (secondary N) is 1. The molecule has 2 fully saturated rings. The molecule has 0 radical (unpaired) electrons. The number of aryl methyl sites for hydroxylation is 1. The van der Waals surface area contributed by atoms with E-state index >= 15 is 0 Å². The van der Waals surface area contributed by atoms with Gasteiger partial charge in [-0.15, -0.1) is 12.4 Å². The number of benzene rings is 1. The molecule has 2 saturated heterocycles. The summed E-state index contributed by atoms with van der Waals surface area (Å²) in [6.45, 7) is 5.95. The summed E-state index contributed by atoms with van der Waals surface area (Å²) < 4.78 is 0.979. The number of hydrogen-bond acceptors (Lipinski definition) is 2. The number of fused-ring (bicyclic) bond motifs is 1. The maximum atomic E-state index is 12.5. The van der Waals surface area contributed by atoms with Crippen LogP contribution in [-0.4, -0.2) is 37.0 Å². The predicted molar refractivity (Wildman–Crippen MR) is 81.9 cm³/mol. The maximum Gasteiger partial charge on any atom is 0.253 e. The molecule has 1 aromatic rings. The van der Waals surface area contributed by atoms with Crippen LogP contribution in [0.25, 0.3) is 0 Å². The van der Waals surface area contributed by atoms with Gasteiger partial charge in [-0.2, -0.15) is 0 Å². The summed E-state index contributed by atoms with van der Waals surface area (Å²) in [5.41, 5.74) is 1.92. The Kier molecular flexibility index (Phi) is 4.54. The van der Waals surface area contributed by atoms with Gasteiger partial charge in [-0.25, -0.2) is 0 Å². The first-order valence-corrected chi connectivity index (χ1v) is 7.20. The molecule has 5 heteroatoms. The Labute approximate surface area is 128 Å². The Morgan fingerprint density at radius 3 is 2.47 bits per heavy atom. The highest BCUT2D eigenvalue weighted by molar-refractivity contribution is 9.10. The van der Waals surface area contributed by atoms with Crippen molar-refractivity contribution in [1.82, 2.24) is 10.2 Å². The van der Waals surface area contributed by atoms with Crippen molar-refractivity contribution in [2.24, 2.45) is 11.8 Å². The van der Waals surface area contributed by atoms with Crippen molar-refractivity contribution in [3.05, 3.63) is 33.8 Å². The van der Waals surface area contributed by atoms with Crippen molar-refractivity contribution >= 4 is 34.2 Å². The van der Waals surface area contributed by atoms with Crippen LogP contribution in [0.15, 0.2) is 22.7 Å². The zero-order valence-corrected chi connectivity index (χ0v) is 13.3. The average molecular weight is 346 g/mol. The molecular formula is C14H18BrClN2O. The van der Waals surface area contributed by atoms with E-state index in [9.17, 15) is 4.79 Å². The number of carbonyl (C=O) groups is 1. The molecule has 104 valence electrons. The van der Waals surface area contributed by atoms with Gasteiger partial charge in [0.25, 0.3) is 5.91 Å². The van der Waals surface area contributed by atoms with E-state index in [4.69, 9.17) is 0 Å². The molecule has 19 heavy (non-hydrogen) atoms. The Balaban J connectivity index is 0.00000133. The second-order valence-electron chi connectivity index (χ2n) is 5.41. The lowest BCUT2D eigenvalue weighted by Gasteiger charge is -2.18. The number of hydrogen-bond donors (Lipinski definition) is 1. The van der Waals surface area contributed by atoms with Gasteiger partial charge in [0, 0.05) is 36.2 Å². The molecule has 1 N–H and O–H groups in total. The highest BCUT2D eigenvalue weighted by Gasteiger charge is 2.38. The highest BCUT2D eigenvalue weighted by atomic mass is 79.9. The molecule has 0 saturated carbocycles. The van der Waals surface area contributed by atoms with Crippen LogP contribution in [0.4, 0.5) is 0 Å². The fourth-order valence-corrected chi connectivity index (χ4v) is 3.67. The first-order chi connectivity index (χ1) is 8.63. The normalized spacial score (nSPS) is 25.1. The van der Waals surface area contributed by atoms with E-state index in [1.54, 1.807) is 0 Å². The zero-order valence-electron chi connectivity index (χ0n) is 10.9. The Morgan fingerprint density at radius 2 is 1.89 bits per heavy atom.